The number of pyridine rings is 1. The zero-order chi connectivity index (χ0) is 9.97. The van der Waals surface area contributed by atoms with Gasteiger partial charge in [0.2, 0.25) is 0 Å². The lowest BCUT2D eigenvalue weighted by molar-refractivity contribution is -0.00277. The van der Waals surface area contributed by atoms with Gasteiger partial charge >= 0.3 is 0 Å². The number of aliphatic hydroxyl groups excluding tert-OH is 1. The molecule has 0 radical (unpaired) electrons. The number of rotatable bonds is 2. The third-order valence-corrected chi connectivity index (χ3v) is 2.82. The van der Waals surface area contributed by atoms with Crippen LogP contribution in [0.3, 0.4) is 0 Å². The summed E-state index contributed by atoms with van der Waals surface area (Å²) in [4.78, 5) is 4.01. The van der Waals surface area contributed by atoms with Gasteiger partial charge in [-0.2, -0.15) is 0 Å². The molecule has 1 fully saturated rings. The summed E-state index contributed by atoms with van der Waals surface area (Å²) in [5, 5.41) is 9.96. The Morgan fingerprint density at radius 3 is 3.07 bits per heavy atom. The first-order valence-electron chi connectivity index (χ1n) is 4.67. The summed E-state index contributed by atoms with van der Waals surface area (Å²) in [6, 6.07) is 1.87. The Kier molecular flexibility index (Phi) is 3.15. The molecule has 2 atom stereocenters. The molecule has 2 heterocycles. The average molecular weight is 258 g/mol. The quantitative estimate of drug-likeness (QED) is 0.882. The van der Waals surface area contributed by atoms with E-state index in [0.29, 0.717) is 0 Å². The standard InChI is InChI=1S/C10H12BrNO2/c11-8-4-7(5-12-6-8)10(13)9-2-1-3-14-9/h4-6,9-10,13H,1-3H2/t9-,10-/m1/s1. The van der Waals surface area contributed by atoms with Gasteiger partial charge in [-0.25, -0.2) is 0 Å². The third-order valence-electron chi connectivity index (χ3n) is 2.38. The Bertz CT molecular complexity index is 313. The monoisotopic (exact) mass is 257 g/mol. The van der Waals surface area contributed by atoms with E-state index in [-0.39, 0.29) is 6.10 Å². The first-order chi connectivity index (χ1) is 6.77. The van der Waals surface area contributed by atoms with Crippen LogP contribution in [0, 0.1) is 0 Å². The van der Waals surface area contributed by atoms with Gasteiger partial charge in [-0.15, -0.1) is 0 Å². The molecule has 2 rings (SSSR count). The van der Waals surface area contributed by atoms with E-state index < -0.39 is 6.10 Å². The van der Waals surface area contributed by atoms with E-state index in [4.69, 9.17) is 4.74 Å². The van der Waals surface area contributed by atoms with Gasteiger partial charge in [-0.3, -0.25) is 4.98 Å². The third kappa shape index (κ3) is 2.13. The van der Waals surface area contributed by atoms with E-state index in [9.17, 15) is 5.11 Å². The molecule has 1 aromatic rings. The van der Waals surface area contributed by atoms with Gasteiger partial charge in [0.15, 0.2) is 0 Å². The molecule has 0 bridgehead atoms. The summed E-state index contributed by atoms with van der Waals surface area (Å²) in [6.45, 7) is 0.753. The lowest BCUT2D eigenvalue weighted by Crippen LogP contribution is -2.17. The topological polar surface area (TPSA) is 42.4 Å². The Morgan fingerprint density at radius 2 is 2.43 bits per heavy atom. The number of aliphatic hydroxyl groups is 1. The fraction of sp³-hybridized carbons (Fsp3) is 0.500. The van der Waals surface area contributed by atoms with Crippen molar-refractivity contribution in [3.63, 3.8) is 0 Å². The lowest BCUT2D eigenvalue weighted by Gasteiger charge is -2.17. The fourth-order valence-corrected chi connectivity index (χ4v) is 2.04. The molecule has 1 aliphatic rings. The fourth-order valence-electron chi connectivity index (χ4n) is 1.66. The molecule has 76 valence electrons. The number of ether oxygens (including phenoxy) is 1. The first kappa shape index (κ1) is 10.1. The van der Waals surface area contributed by atoms with Crippen LogP contribution in [0.25, 0.3) is 0 Å². The van der Waals surface area contributed by atoms with E-state index >= 15 is 0 Å². The minimum absolute atomic E-state index is 0.0638. The number of halogens is 1. The summed E-state index contributed by atoms with van der Waals surface area (Å²) in [5.41, 5.74) is 0.811. The normalized spacial score (nSPS) is 23.7. The molecule has 1 aromatic heterocycles. The van der Waals surface area contributed by atoms with Crippen LogP contribution in [0.5, 0.6) is 0 Å². The van der Waals surface area contributed by atoms with Crippen molar-refractivity contribution in [1.29, 1.82) is 0 Å². The van der Waals surface area contributed by atoms with Crippen LogP contribution in [0.15, 0.2) is 22.9 Å². The van der Waals surface area contributed by atoms with Gasteiger partial charge in [0.05, 0.1) is 6.10 Å². The molecule has 14 heavy (non-hydrogen) atoms. The molecule has 0 unspecified atom stereocenters. The van der Waals surface area contributed by atoms with Crippen molar-refractivity contribution in [3.8, 4) is 0 Å². The number of hydrogen-bond acceptors (Lipinski definition) is 3. The van der Waals surface area contributed by atoms with Crippen LogP contribution in [0.2, 0.25) is 0 Å². The van der Waals surface area contributed by atoms with Crippen LogP contribution in [0.1, 0.15) is 24.5 Å². The Hall–Kier alpha value is -0.450. The van der Waals surface area contributed by atoms with Gasteiger partial charge in [0, 0.05) is 29.0 Å². The minimum Gasteiger partial charge on any atom is -0.386 e. The molecule has 4 heteroatoms. The van der Waals surface area contributed by atoms with Crippen molar-refractivity contribution >= 4 is 15.9 Å². The largest absolute Gasteiger partial charge is 0.386 e. The maximum Gasteiger partial charge on any atom is 0.107 e. The van der Waals surface area contributed by atoms with Crippen molar-refractivity contribution in [2.45, 2.75) is 25.0 Å². The lowest BCUT2D eigenvalue weighted by atomic mass is 10.0. The molecule has 0 amide bonds. The van der Waals surface area contributed by atoms with E-state index in [0.717, 1.165) is 29.5 Å². The molecular formula is C10H12BrNO2. The molecule has 3 nitrogen and oxygen atoms in total. The molecule has 0 spiro atoms. The van der Waals surface area contributed by atoms with Crippen molar-refractivity contribution in [2.24, 2.45) is 0 Å². The van der Waals surface area contributed by atoms with Crippen LogP contribution in [0.4, 0.5) is 0 Å². The van der Waals surface area contributed by atoms with E-state index in [1.807, 2.05) is 6.07 Å². The van der Waals surface area contributed by atoms with Gasteiger partial charge in [-0.05, 0) is 34.8 Å². The molecule has 1 aliphatic heterocycles. The van der Waals surface area contributed by atoms with Crippen LogP contribution in [-0.2, 0) is 4.74 Å². The molecule has 0 saturated carbocycles. The van der Waals surface area contributed by atoms with Crippen LogP contribution in [-0.4, -0.2) is 22.8 Å². The maximum absolute atomic E-state index is 9.96. The second-order valence-corrected chi connectivity index (χ2v) is 4.35. The average Bonchev–Trinajstić information content (AvgIpc) is 2.69. The highest BCUT2D eigenvalue weighted by molar-refractivity contribution is 9.10. The van der Waals surface area contributed by atoms with Gasteiger partial charge < -0.3 is 9.84 Å². The maximum atomic E-state index is 9.96. The summed E-state index contributed by atoms with van der Waals surface area (Å²) >= 11 is 3.32. The molecule has 0 aromatic carbocycles. The Labute approximate surface area is 91.2 Å². The minimum atomic E-state index is -0.553. The van der Waals surface area contributed by atoms with Crippen LogP contribution < -0.4 is 0 Å². The van der Waals surface area contributed by atoms with Crippen molar-refractivity contribution in [3.05, 3.63) is 28.5 Å². The Morgan fingerprint density at radius 1 is 1.57 bits per heavy atom. The summed E-state index contributed by atoms with van der Waals surface area (Å²) < 4.78 is 6.30. The number of aromatic nitrogens is 1. The highest BCUT2D eigenvalue weighted by Crippen LogP contribution is 2.27. The molecule has 0 aliphatic carbocycles. The predicted octanol–water partition coefficient (Wildman–Crippen LogP) is 2.06. The second kappa shape index (κ2) is 4.38. The SMILES string of the molecule is O[C@H](c1cncc(Br)c1)[C@H]1CCCO1. The van der Waals surface area contributed by atoms with E-state index in [2.05, 4.69) is 20.9 Å². The zero-order valence-corrected chi connectivity index (χ0v) is 9.27. The molecular weight excluding hydrogens is 246 g/mol. The summed E-state index contributed by atoms with van der Waals surface area (Å²) in [5.74, 6) is 0. The van der Waals surface area contributed by atoms with Crippen molar-refractivity contribution in [2.75, 3.05) is 6.61 Å². The first-order valence-corrected chi connectivity index (χ1v) is 5.47. The smallest absolute Gasteiger partial charge is 0.107 e. The van der Waals surface area contributed by atoms with Crippen LogP contribution >= 0.6 is 15.9 Å². The van der Waals surface area contributed by atoms with Crippen molar-refractivity contribution in [1.82, 2.24) is 4.98 Å². The van der Waals surface area contributed by atoms with Crippen molar-refractivity contribution < 1.29 is 9.84 Å². The van der Waals surface area contributed by atoms with Gasteiger partial charge in [-0.1, -0.05) is 0 Å². The summed E-state index contributed by atoms with van der Waals surface area (Å²) in [6.07, 6.45) is 4.72. The summed E-state index contributed by atoms with van der Waals surface area (Å²) in [7, 11) is 0. The predicted molar refractivity (Wildman–Crippen MR) is 55.9 cm³/mol. The van der Waals surface area contributed by atoms with E-state index in [1.54, 1.807) is 12.4 Å². The molecule has 1 saturated heterocycles. The van der Waals surface area contributed by atoms with E-state index in [1.165, 1.54) is 0 Å². The van der Waals surface area contributed by atoms with Gasteiger partial charge in [0.25, 0.3) is 0 Å². The highest BCUT2D eigenvalue weighted by atomic mass is 79.9. The zero-order valence-electron chi connectivity index (χ0n) is 7.69. The molecule has 1 N–H and O–H groups in total. The number of nitrogens with zero attached hydrogens (tertiary/aromatic N) is 1. The van der Waals surface area contributed by atoms with Gasteiger partial charge in [0.1, 0.15) is 6.10 Å². The second-order valence-electron chi connectivity index (χ2n) is 3.43. The number of hydrogen-bond donors (Lipinski definition) is 1. The highest BCUT2D eigenvalue weighted by Gasteiger charge is 2.25. The Balaban J connectivity index is 2.13.